The Bertz CT molecular complexity index is 118. The van der Waals surface area contributed by atoms with Gasteiger partial charge in [-0.1, -0.05) is 6.92 Å². The highest BCUT2D eigenvalue weighted by Crippen LogP contribution is 1.85. The van der Waals surface area contributed by atoms with Gasteiger partial charge in [0.05, 0.1) is 39.6 Å². The molecule has 0 spiro atoms. The fourth-order valence-electron chi connectivity index (χ4n) is 1.07. The lowest BCUT2D eigenvalue weighted by Crippen LogP contribution is -2.12. The van der Waals surface area contributed by atoms with Crippen LogP contribution in [0.3, 0.4) is 0 Å². The number of hydrogen-bond acceptors (Lipinski definition) is 5. The maximum absolute atomic E-state index is 8.51. The van der Waals surface area contributed by atoms with E-state index in [-0.39, 0.29) is 6.61 Å². The number of aliphatic hydroxyl groups is 1. The van der Waals surface area contributed by atoms with E-state index in [1.807, 2.05) is 0 Å². The molecule has 0 aliphatic heterocycles. The van der Waals surface area contributed by atoms with Crippen LogP contribution in [0, 0.1) is 0 Å². The minimum absolute atomic E-state index is 0.175. The van der Waals surface area contributed by atoms with E-state index in [2.05, 4.69) is 6.92 Å². The Morgan fingerprint density at radius 1 is 0.647 bits per heavy atom. The third kappa shape index (κ3) is 15.8. The molecule has 0 fully saturated rings. The summed E-state index contributed by atoms with van der Waals surface area (Å²) in [6.07, 6.45) is 1.72. The maximum atomic E-state index is 8.51. The summed E-state index contributed by atoms with van der Waals surface area (Å²) in [7, 11) is 0. The molecule has 0 heterocycles. The number of aliphatic hydroxyl groups excluding tert-OH is 1. The van der Waals surface area contributed by atoms with Gasteiger partial charge in [0.25, 0.3) is 0 Å². The lowest BCUT2D eigenvalue weighted by Gasteiger charge is -2.06. The van der Waals surface area contributed by atoms with Crippen molar-refractivity contribution in [1.29, 1.82) is 0 Å². The van der Waals surface area contributed by atoms with E-state index in [9.17, 15) is 0 Å². The van der Waals surface area contributed by atoms with E-state index in [0.29, 0.717) is 52.7 Å². The van der Waals surface area contributed by atoms with Crippen LogP contribution in [0.25, 0.3) is 0 Å². The molecular formula is C12H26O5. The van der Waals surface area contributed by atoms with Gasteiger partial charge in [0.1, 0.15) is 0 Å². The predicted octanol–water partition coefficient (Wildman–Crippen LogP) is 0.845. The largest absolute Gasteiger partial charge is 0.396 e. The van der Waals surface area contributed by atoms with Gasteiger partial charge in [-0.15, -0.1) is 0 Å². The summed E-state index contributed by atoms with van der Waals surface area (Å²) in [4.78, 5) is 0. The Morgan fingerprint density at radius 3 is 1.47 bits per heavy atom. The molecule has 0 aliphatic rings. The highest BCUT2D eigenvalue weighted by molar-refractivity contribution is 4.36. The molecular weight excluding hydrogens is 224 g/mol. The monoisotopic (exact) mass is 250 g/mol. The number of ether oxygens (including phenoxy) is 4. The van der Waals surface area contributed by atoms with Crippen LogP contribution >= 0.6 is 0 Å². The van der Waals surface area contributed by atoms with Gasteiger partial charge in [-0.05, 0) is 12.8 Å². The summed E-state index contributed by atoms with van der Waals surface area (Å²) < 4.78 is 21.0. The number of hydrogen-bond donors (Lipinski definition) is 1. The van der Waals surface area contributed by atoms with Crippen LogP contribution in [0.2, 0.25) is 0 Å². The smallest absolute Gasteiger partial charge is 0.0701 e. The average Bonchev–Trinajstić information content (AvgIpc) is 2.35. The molecule has 0 aromatic carbocycles. The molecule has 0 amide bonds. The average molecular weight is 250 g/mol. The third-order valence-corrected chi connectivity index (χ3v) is 1.91. The van der Waals surface area contributed by atoms with Crippen LogP contribution in [-0.2, 0) is 18.9 Å². The molecule has 17 heavy (non-hydrogen) atoms. The second-order valence-electron chi connectivity index (χ2n) is 3.53. The van der Waals surface area contributed by atoms with Gasteiger partial charge in [0.2, 0.25) is 0 Å². The van der Waals surface area contributed by atoms with E-state index >= 15 is 0 Å². The van der Waals surface area contributed by atoms with Crippen molar-refractivity contribution in [3.8, 4) is 0 Å². The van der Waals surface area contributed by atoms with E-state index < -0.39 is 0 Å². The van der Waals surface area contributed by atoms with Gasteiger partial charge in [-0.2, -0.15) is 0 Å². The molecule has 0 bridgehead atoms. The van der Waals surface area contributed by atoms with E-state index in [0.717, 1.165) is 13.0 Å². The van der Waals surface area contributed by atoms with E-state index in [1.54, 1.807) is 0 Å². The van der Waals surface area contributed by atoms with Crippen molar-refractivity contribution in [2.75, 3.05) is 59.5 Å². The zero-order chi connectivity index (χ0) is 12.6. The summed E-state index contributed by atoms with van der Waals surface area (Å²) in [6.45, 7) is 7.22. The topological polar surface area (TPSA) is 57.2 Å². The van der Waals surface area contributed by atoms with Gasteiger partial charge in [0, 0.05) is 19.8 Å². The van der Waals surface area contributed by atoms with Crippen molar-refractivity contribution < 1.29 is 24.1 Å². The van der Waals surface area contributed by atoms with Gasteiger partial charge in [0.15, 0.2) is 0 Å². The molecule has 0 unspecified atom stereocenters. The first kappa shape index (κ1) is 16.8. The molecule has 0 atom stereocenters. The Labute approximate surface area is 104 Å². The zero-order valence-corrected chi connectivity index (χ0v) is 10.9. The van der Waals surface area contributed by atoms with Crippen LogP contribution < -0.4 is 0 Å². The second kappa shape index (κ2) is 15.8. The Balaban J connectivity index is 2.85. The van der Waals surface area contributed by atoms with Crippen LogP contribution in [-0.4, -0.2) is 64.6 Å². The molecule has 0 saturated carbocycles. The minimum atomic E-state index is 0.175. The van der Waals surface area contributed by atoms with Crippen molar-refractivity contribution in [3.05, 3.63) is 0 Å². The first-order chi connectivity index (χ1) is 8.41. The van der Waals surface area contributed by atoms with Crippen molar-refractivity contribution >= 4 is 0 Å². The summed E-state index contributed by atoms with van der Waals surface area (Å²) >= 11 is 0. The van der Waals surface area contributed by atoms with Crippen molar-refractivity contribution in [2.45, 2.75) is 19.8 Å². The molecule has 0 aromatic rings. The van der Waals surface area contributed by atoms with Crippen molar-refractivity contribution in [1.82, 2.24) is 0 Å². The fourth-order valence-corrected chi connectivity index (χ4v) is 1.07. The Morgan fingerprint density at radius 2 is 1.06 bits per heavy atom. The van der Waals surface area contributed by atoms with Crippen LogP contribution in [0.4, 0.5) is 0 Å². The third-order valence-electron chi connectivity index (χ3n) is 1.91. The highest BCUT2D eigenvalue weighted by Gasteiger charge is 1.92. The SMILES string of the molecule is CCCOCCOCCOCCOCCCO. The quantitative estimate of drug-likeness (QED) is 0.463. The summed E-state index contributed by atoms with van der Waals surface area (Å²) in [6, 6.07) is 0. The molecule has 5 nitrogen and oxygen atoms in total. The zero-order valence-electron chi connectivity index (χ0n) is 10.9. The summed E-state index contributed by atoms with van der Waals surface area (Å²) in [5.74, 6) is 0. The molecule has 0 aromatic heterocycles. The molecule has 0 radical (unpaired) electrons. The molecule has 0 aliphatic carbocycles. The maximum Gasteiger partial charge on any atom is 0.0701 e. The van der Waals surface area contributed by atoms with Crippen LogP contribution in [0.5, 0.6) is 0 Å². The summed E-state index contributed by atoms with van der Waals surface area (Å²) in [5.41, 5.74) is 0. The predicted molar refractivity (Wildman–Crippen MR) is 65.3 cm³/mol. The van der Waals surface area contributed by atoms with E-state index in [4.69, 9.17) is 24.1 Å². The molecule has 0 rings (SSSR count). The van der Waals surface area contributed by atoms with Crippen molar-refractivity contribution in [2.24, 2.45) is 0 Å². The highest BCUT2D eigenvalue weighted by atomic mass is 16.6. The first-order valence-electron chi connectivity index (χ1n) is 6.33. The Kier molecular flexibility index (Phi) is 15.6. The van der Waals surface area contributed by atoms with Gasteiger partial charge in [-0.3, -0.25) is 0 Å². The summed E-state index contributed by atoms with van der Waals surface area (Å²) in [5, 5.41) is 8.51. The molecule has 5 heteroatoms. The molecule has 0 saturated heterocycles. The number of rotatable bonds is 14. The molecule has 1 N–H and O–H groups in total. The first-order valence-corrected chi connectivity index (χ1v) is 6.33. The van der Waals surface area contributed by atoms with Gasteiger partial charge >= 0.3 is 0 Å². The van der Waals surface area contributed by atoms with Crippen LogP contribution in [0.15, 0.2) is 0 Å². The second-order valence-corrected chi connectivity index (χ2v) is 3.53. The normalized spacial score (nSPS) is 10.9. The van der Waals surface area contributed by atoms with E-state index in [1.165, 1.54) is 0 Å². The Hall–Kier alpha value is -0.200. The van der Waals surface area contributed by atoms with Crippen LogP contribution in [0.1, 0.15) is 19.8 Å². The van der Waals surface area contributed by atoms with Gasteiger partial charge in [-0.25, -0.2) is 0 Å². The lowest BCUT2D eigenvalue weighted by molar-refractivity contribution is -0.00285. The van der Waals surface area contributed by atoms with Gasteiger partial charge < -0.3 is 24.1 Å². The standard InChI is InChI=1S/C12H26O5/c1-2-5-14-7-9-16-11-12-17-10-8-15-6-3-4-13/h13H,2-12H2,1H3. The lowest BCUT2D eigenvalue weighted by atomic mass is 10.5. The minimum Gasteiger partial charge on any atom is -0.396 e. The van der Waals surface area contributed by atoms with Crippen molar-refractivity contribution in [3.63, 3.8) is 0 Å². The fraction of sp³-hybridized carbons (Fsp3) is 1.00. The molecule has 104 valence electrons.